The molecule has 0 aliphatic carbocycles. The number of aromatic nitrogens is 2. The van der Waals surface area contributed by atoms with Gasteiger partial charge < -0.3 is 0 Å². The van der Waals surface area contributed by atoms with Crippen LogP contribution < -0.4 is 9.13 Å². The summed E-state index contributed by atoms with van der Waals surface area (Å²) in [5.74, 6) is 2.42. The molecule has 2 aliphatic rings. The van der Waals surface area contributed by atoms with Crippen molar-refractivity contribution in [3.8, 4) is 11.1 Å². The molecule has 4 heterocycles. The van der Waals surface area contributed by atoms with Crippen molar-refractivity contribution >= 4 is 132 Å². The molecule has 0 fully saturated rings. The van der Waals surface area contributed by atoms with Gasteiger partial charge in [0, 0.05) is 30.7 Å². The zero-order valence-corrected chi connectivity index (χ0v) is 37.7. The molecule has 0 atom stereocenters. The standard InChI is InChI=1S/C27H33IN2S8.2F6P/c1-29-14-8-20(9-15-29)21-10-16-30(17-11-21)13-5-7-19-34-25-24(33-18-6-4-12-28)37-27(38-25)26-35-22(31-2)23(32-3)36-26;2*1-7(2,3,4,5)6/h8-11,14-17H,4-7,12-13,18-19H2,1-3H3;;/q+2;2*-1. The molecule has 0 unspecified atom stereocenters. The van der Waals surface area contributed by atoms with Crippen LogP contribution in [0.2, 0.25) is 0 Å². The van der Waals surface area contributed by atoms with E-state index in [9.17, 15) is 50.4 Å². The molecule has 2 aliphatic heterocycles. The van der Waals surface area contributed by atoms with Crippen molar-refractivity contribution in [1.29, 1.82) is 0 Å². The molecule has 0 bridgehead atoms. The fourth-order valence-corrected chi connectivity index (χ4v) is 15.4. The Morgan fingerprint density at radius 1 is 0.558 bits per heavy atom. The second-order valence-corrected chi connectivity index (χ2v) is 24.7. The van der Waals surface area contributed by atoms with Crippen LogP contribution in [0, 0.1) is 0 Å². The van der Waals surface area contributed by atoms with Gasteiger partial charge in [0.15, 0.2) is 24.8 Å². The molecular weight excluding hydrogens is 1030 g/mol. The topological polar surface area (TPSA) is 7.76 Å². The molecule has 52 heavy (non-hydrogen) atoms. The van der Waals surface area contributed by atoms with Crippen LogP contribution in [0.4, 0.5) is 50.4 Å². The van der Waals surface area contributed by atoms with Gasteiger partial charge in [-0.25, -0.2) is 9.13 Å². The molecule has 4 rings (SSSR count). The number of hydrogen-bond donors (Lipinski definition) is 0. The summed E-state index contributed by atoms with van der Waals surface area (Å²) in [6.07, 6.45) is 18.1. The molecule has 0 saturated heterocycles. The first-order valence-electron chi connectivity index (χ1n) is 14.4. The average molecular weight is 1060 g/mol. The van der Waals surface area contributed by atoms with Crippen LogP contribution in [0.1, 0.15) is 25.7 Å². The number of aryl methyl sites for hydroxylation is 2. The van der Waals surface area contributed by atoms with Gasteiger partial charge in [0.2, 0.25) is 0 Å². The van der Waals surface area contributed by atoms with Crippen molar-refractivity contribution in [3.63, 3.8) is 0 Å². The third-order valence-electron chi connectivity index (χ3n) is 5.62. The van der Waals surface area contributed by atoms with E-state index in [0.717, 1.165) is 6.54 Å². The number of hydrogen-bond acceptors (Lipinski definition) is 8. The molecule has 0 amide bonds. The Hall–Kier alpha value is 1.07. The summed E-state index contributed by atoms with van der Waals surface area (Å²) in [5, 5.41) is 0. The molecule has 2 aromatic rings. The SMILES string of the molecule is CSC1=C(SC)SC(=C2SC(SCCCCI)=C(SCCCC[n+]3ccc(-c4cc[n+](C)cc4)cc3)S2)S1.F[P-](F)(F)(F)(F)F.F[P-](F)(F)(F)(F)F. The van der Waals surface area contributed by atoms with Crippen LogP contribution in [-0.4, -0.2) is 28.4 Å². The second-order valence-electron chi connectivity index (χ2n) is 10.3. The Morgan fingerprint density at radius 3 is 1.27 bits per heavy atom. The van der Waals surface area contributed by atoms with Gasteiger partial charge in [0.25, 0.3) is 0 Å². The van der Waals surface area contributed by atoms with E-state index in [1.165, 1.54) is 73.9 Å². The first-order chi connectivity index (χ1) is 23.5. The van der Waals surface area contributed by atoms with Crippen molar-refractivity contribution in [1.82, 2.24) is 0 Å². The number of thioether (sulfide) groups is 8. The van der Waals surface area contributed by atoms with E-state index in [-0.39, 0.29) is 0 Å². The van der Waals surface area contributed by atoms with E-state index in [2.05, 4.69) is 124 Å². The van der Waals surface area contributed by atoms with Crippen LogP contribution in [0.25, 0.3) is 11.1 Å². The Labute approximate surface area is 342 Å². The zero-order valence-electron chi connectivity index (χ0n) is 27.2. The number of rotatable bonds is 14. The third-order valence-corrected chi connectivity index (χ3v) is 17.8. The van der Waals surface area contributed by atoms with Gasteiger partial charge in [-0.05, 0) is 58.8 Å². The van der Waals surface area contributed by atoms with Crippen LogP contribution in [0.15, 0.2) is 74.5 Å². The number of pyridine rings is 2. The number of alkyl halides is 1. The number of halogens is 13. The van der Waals surface area contributed by atoms with E-state index < -0.39 is 15.6 Å². The molecule has 300 valence electrons. The van der Waals surface area contributed by atoms with Crippen molar-refractivity contribution in [2.45, 2.75) is 32.2 Å². The fraction of sp³-hybridized carbons (Fsp3) is 0.407. The van der Waals surface area contributed by atoms with E-state index in [4.69, 9.17) is 0 Å². The van der Waals surface area contributed by atoms with Gasteiger partial charge in [0.1, 0.15) is 13.6 Å². The molecule has 25 heteroatoms. The Bertz CT molecular complexity index is 1540. The van der Waals surface area contributed by atoms with E-state index >= 15 is 0 Å². The Balaban J connectivity index is 0.000000564. The van der Waals surface area contributed by atoms with Crippen LogP contribution in [0.5, 0.6) is 0 Å². The van der Waals surface area contributed by atoms with E-state index in [0.29, 0.717) is 0 Å². The van der Waals surface area contributed by atoms with Crippen LogP contribution >= 0.6 is 132 Å². The monoisotopic (exact) mass is 1060 g/mol. The summed E-state index contributed by atoms with van der Waals surface area (Å²) in [5.41, 5.74) is 2.54. The summed E-state index contributed by atoms with van der Waals surface area (Å²) in [7, 11) is -19.3. The second kappa shape index (κ2) is 18.8. The Morgan fingerprint density at radius 2 is 0.904 bits per heavy atom. The maximum atomic E-state index is 9.87. The molecule has 0 spiro atoms. The molecular formula is C27H33F12IN2P2S8. The number of nitrogens with zero attached hydrogens (tertiary/aromatic N) is 2. The number of unbranched alkanes of at least 4 members (excludes halogenated alkanes) is 2. The minimum absolute atomic E-state index is 1.08. The minimum atomic E-state index is -10.7. The predicted octanol–water partition coefficient (Wildman–Crippen LogP) is 16.8. The normalized spacial score (nSPS) is 17.8. The summed E-state index contributed by atoms with van der Waals surface area (Å²) < 4.78 is 133. The summed E-state index contributed by atoms with van der Waals surface area (Å²) in [6, 6.07) is 8.81. The fourth-order valence-electron chi connectivity index (χ4n) is 3.55. The van der Waals surface area contributed by atoms with Crippen molar-refractivity contribution in [2.75, 3.05) is 28.4 Å². The van der Waals surface area contributed by atoms with Gasteiger partial charge in [-0.15, -0.1) is 47.0 Å². The molecule has 0 N–H and O–H groups in total. The van der Waals surface area contributed by atoms with E-state index in [1.807, 2.05) is 70.6 Å². The van der Waals surface area contributed by atoms with Gasteiger partial charge in [0.05, 0.1) is 25.4 Å². The summed E-state index contributed by atoms with van der Waals surface area (Å²) >= 11 is 18.4. The van der Waals surface area contributed by atoms with Crippen molar-refractivity contribution in [2.24, 2.45) is 7.05 Å². The van der Waals surface area contributed by atoms with Crippen LogP contribution in [-0.2, 0) is 13.6 Å². The van der Waals surface area contributed by atoms with Crippen LogP contribution in [0.3, 0.4) is 0 Å². The van der Waals surface area contributed by atoms with Gasteiger partial charge in [-0.1, -0.05) is 69.6 Å². The molecule has 0 radical (unpaired) electrons. The summed E-state index contributed by atoms with van der Waals surface area (Å²) in [4.78, 5) is 0. The molecule has 2 nitrogen and oxygen atoms in total. The van der Waals surface area contributed by atoms with Crippen molar-refractivity contribution < 1.29 is 59.5 Å². The van der Waals surface area contributed by atoms with Gasteiger partial charge in [-0.2, -0.15) is 0 Å². The first kappa shape index (κ1) is 49.2. The van der Waals surface area contributed by atoms with E-state index in [1.54, 1.807) is 4.24 Å². The molecule has 0 saturated carbocycles. The molecule has 0 aromatic carbocycles. The third kappa shape index (κ3) is 25.3. The average Bonchev–Trinajstić information content (AvgIpc) is 3.60. The van der Waals surface area contributed by atoms with Crippen molar-refractivity contribution in [3.05, 3.63) is 74.5 Å². The Kier molecular flexibility index (Phi) is 17.8. The maximum absolute atomic E-state index is 10.7. The summed E-state index contributed by atoms with van der Waals surface area (Å²) in [6.45, 7) is 1.08. The first-order valence-corrected chi connectivity index (χ1v) is 27.7. The zero-order chi connectivity index (χ0) is 39.6. The molecule has 2 aromatic heterocycles. The quantitative estimate of drug-likeness (QED) is 0.0456. The van der Waals surface area contributed by atoms with Gasteiger partial charge >= 0.3 is 66.0 Å². The van der Waals surface area contributed by atoms with Gasteiger partial charge in [-0.3, -0.25) is 0 Å². The predicted molar refractivity (Wildman–Crippen MR) is 221 cm³/mol.